The summed E-state index contributed by atoms with van der Waals surface area (Å²) in [6, 6.07) is 0. The van der Waals surface area contributed by atoms with Crippen molar-refractivity contribution in [3.05, 3.63) is 12.2 Å². The minimum atomic E-state index is -0.210. The molecule has 2 heteroatoms. The summed E-state index contributed by atoms with van der Waals surface area (Å²) >= 11 is 0. The number of carbonyl (C=O) groups excluding carboxylic acids is 1. The maximum atomic E-state index is 11.6. The average molecular weight is 236 g/mol. The van der Waals surface area contributed by atoms with Gasteiger partial charge in [0, 0.05) is 5.57 Å². The Balaban J connectivity index is 1.98. The molecule has 4 atom stereocenters. The molecule has 0 saturated heterocycles. The van der Waals surface area contributed by atoms with E-state index in [2.05, 4.69) is 13.5 Å². The molecule has 0 heterocycles. The van der Waals surface area contributed by atoms with Gasteiger partial charge in [-0.1, -0.05) is 26.3 Å². The van der Waals surface area contributed by atoms with Gasteiger partial charge >= 0.3 is 5.97 Å². The molecule has 2 fully saturated rings. The summed E-state index contributed by atoms with van der Waals surface area (Å²) in [7, 11) is 0. The largest absolute Gasteiger partial charge is 0.459 e. The van der Waals surface area contributed by atoms with Gasteiger partial charge in [-0.25, -0.2) is 4.79 Å². The predicted octanol–water partition coefficient (Wildman–Crippen LogP) is 3.71. The first kappa shape index (κ1) is 12.7. The van der Waals surface area contributed by atoms with E-state index in [4.69, 9.17) is 4.74 Å². The van der Waals surface area contributed by atoms with Crippen molar-refractivity contribution in [3.63, 3.8) is 0 Å². The summed E-state index contributed by atoms with van der Waals surface area (Å²) in [4.78, 5) is 11.6. The van der Waals surface area contributed by atoms with Crippen LogP contribution in [0.2, 0.25) is 0 Å². The number of ether oxygens (including phenoxy) is 1. The lowest BCUT2D eigenvalue weighted by Gasteiger charge is -2.27. The third kappa shape index (κ3) is 2.56. The summed E-state index contributed by atoms with van der Waals surface area (Å²) in [6.07, 6.45) is 7.76. The molecule has 0 bridgehead atoms. The van der Waals surface area contributed by atoms with Crippen molar-refractivity contribution >= 4 is 5.97 Å². The van der Waals surface area contributed by atoms with Gasteiger partial charge in [-0.05, 0) is 50.4 Å². The molecule has 0 N–H and O–H groups in total. The fourth-order valence-electron chi connectivity index (χ4n) is 3.78. The lowest BCUT2D eigenvalue weighted by Crippen LogP contribution is -2.29. The van der Waals surface area contributed by atoms with Gasteiger partial charge in [0.05, 0.1) is 0 Å². The second-order valence-electron chi connectivity index (χ2n) is 5.73. The van der Waals surface area contributed by atoms with Crippen molar-refractivity contribution in [1.82, 2.24) is 0 Å². The molecule has 0 aromatic heterocycles. The van der Waals surface area contributed by atoms with E-state index in [1.165, 1.54) is 32.1 Å². The Kier molecular flexibility index (Phi) is 3.90. The molecule has 2 rings (SSSR count). The van der Waals surface area contributed by atoms with E-state index in [0.29, 0.717) is 11.5 Å². The van der Waals surface area contributed by atoms with E-state index in [9.17, 15) is 4.79 Å². The van der Waals surface area contributed by atoms with E-state index in [1.807, 2.05) is 0 Å². The molecule has 2 aliphatic carbocycles. The van der Waals surface area contributed by atoms with Gasteiger partial charge < -0.3 is 4.74 Å². The van der Waals surface area contributed by atoms with Gasteiger partial charge in [-0.2, -0.15) is 0 Å². The van der Waals surface area contributed by atoms with Gasteiger partial charge in [0.2, 0.25) is 0 Å². The zero-order valence-electron chi connectivity index (χ0n) is 11.1. The van der Waals surface area contributed by atoms with Crippen LogP contribution >= 0.6 is 0 Å². The van der Waals surface area contributed by atoms with Crippen LogP contribution in [0.5, 0.6) is 0 Å². The van der Waals surface area contributed by atoms with Gasteiger partial charge in [-0.15, -0.1) is 0 Å². The van der Waals surface area contributed by atoms with Crippen LogP contribution in [0, 0.1) is 17.8 Å². The maximum Gasteiger partial charge on any atom is 0.333 e. The van der Waals surface area contributed by atoms with Crippen molar-refractivity contribution in [3.8, 4) is 0 Å². The predicted molar refractivity (Wildman–Crippen MR) is 68.5 cm³/mol. The Bertz CT molecular complexity index is 308. The zero-order valence-corrected chi connectivity index (χ0v) is 11.1. The Labute approximate surface area is 104 Å². The number of hydrogen-bond donors (Lipinski definition) is 0. The molecule has 96 valence electrons. The van der Waals surface area contributed by atoms with Crippen LogP contribution in [0.3, 0.4) is 0 Å². The Morgan fingerprint density at radius 1 is 1.35 bits per heavy atom. The van der Waals surface area contributed by atoms with Crippen molar-refractivity contribution < 1.29 is 9.53 Å². The molecule has 4 unspecified atom stereocenters. The number of fused-ring (bicyclic) bond motifs is 1. The molecule has 2 nitrogen and oxygen atoms in total. The minimum Gasteiger partial charge on any atom is -0.459 e. The normalized spacial score (nSPS) is 33.2. The molecule has 2 aliphatic rings. The molecule has 0 aromatic rings. The van der Waals surface area contributed by atoms with Crippen LogP contribution < -0.4 is 0 Å². The van der Waals surface area contributed by atoms with E-state index >= 15 is 0 Å². The second-order valence-corrected chi connectivity index (χ2v) is 5.73. The number of esters is 1. The molecular formula is C15H24O2. The summed E-state index contributed by atoms with van der Waals surface area (Å²) in [5.74, 6) is 2.13. The highest BCUT2D eigenvalue weighted by atomic mass is 16.5. The highest BCUT2D eigenvalue weighted by molar-refractivity contribution is 5.87. The smallest absolute Gasteiger partial charge is 0.333 e. The fourth-order valence-corrected chi connectivity index (χ4v) is 3.78. The van der Waals surface area contributed by atoms with Crippen LogP contribution in [0.25, 0.3) is 0 Å². The van der Waals surface area contributed by atoms with E-state index in [-0.39, 0.29) is 12.1 Å². The van der Waals surface area contributed by atoms with E-state index < -0.39 is 0 Å². The van der Waals surface area contributed by atoms with Crippen LogP contribution in [0.15, 0.2) is 12.2 Å². The fraction of sp³-hybridized carbons (Fsp3) is 0.800. The van der Waals surface area contributed by atoms with Crippen LogP contribution in [-0.4, -0.2) is 12.1 Å². The first-order chi connectivity index (χ1) is 8.13. The monoisotopic (exact) mass is 236 g/mol. The Morgan fingerprint density at radius 3 is 2.76 bits per heavy atom. The van der Waals surface area contributed by atoms with Crippen molar-refractivity contribution in [2.75, 3.05) is 0 Å². The highest BCUT2D eigenvalue weighted by Gasteiger charge is 2.43. The quantitative estimate of drug-likeness (QED) is 0.549. The molecule has 0 amide bonds. The average Bonchev–Trinajstić information content (AvgIpc) is 2.87. The highest BCUT2D eigenvalue weighted by Crippen LogP contribution is 2.49. The lowest BCUT2D eigenvalue weighted by atomic mass is 9.86. The molecule has 2 saturated carbocycles. The number of rotatable bonds is 4. The molecule has 0 aromatic carbocycles. The standard InChI is InChI=1S/C15H24O2/c1-4-14(17-15(16)10(2)3)13-9-8-11-6-5-7-12(11)13/h11-14H,2,4-9H2,1,3H3. The molecule has 0 spiro atoms. The summed E-state index contributed by atoms with van der Waals surface area (Å²) in [5, 5.41) is 0. The second kappa shape index (κ2) is 5.24. The lowest BCUT2D eigenvalue weighted by molar-refractivity contribution is -0.148. The third-order valence-electron chi connectivity index (χ3n) is 4.63. The summed E-state index contributed by atoms with van der Waals surface area (Å²) < 4.78 is 5.61. The van der Waals surface area contributed by atoms with Gasteiger partial charge in [-0.3, -0.25) is 0 Å². The van der Waals surface area contributed by atoms with E-state index in [1.54, 1.807) is 6.92 Å². The van der Waals surface area contributed by atoms with Crippen molar-refractivity contribution in [2.45, 2.75) is 58.5 Å². The van der Waals surface area contributed by atoms with Crippen LogP contribution in [0.4, 0.5) is 0 Å². The van der Waals surface area contributed by atoms with Gasteiger partial charge in [0.15, 0.2) is 0 Å². The first-order valence-electron chi connectivity index (χ1n) is 7.00. The van der Waals surface area contributed by atoms with Gasteiger partial charge in [0.1, 0.15) is 6.10 Å². The zero-order chi connectivity index (χ0) is 12.4. The van der Waals surface area contributed by atoms with Crippen LogP contribution in [-0.2, 0) is 9.53 Å². The SMILES string of the molecule is C=C(C)C(=O)OC(CC)C1CCC2CCCC21. The van der Waals surface area contributed by atoms with E-state index in [0.717, 1.165) is 18.3 Å². The maximum absolute atomic E-state index is 11.6. The summed E-state index contributed by atoms with van der Waals surface area (Å²) in [6.45, 7) is 7.51. The Morgan fingerprint density at radius 2 is 2.12 bits per heavy atom. The minimum absolute atomic E-state index is 0.118. The van der Waals surface area contributed by atoms with Gasteiger partial charge in [0.25, 0.3) is 0 Å². The van der Waals surface area contributed by atoms with Crippen LogP contribution in [0.1, 0.15) is 52.4 Å². The van der Waals surface area contributed by atoms with Crippen molar-refractivity contribution in [2.24, 2.45) is 17.8 Å². The number of hydrogen-bond acceptors (Lipinski definition) is 2. The summed E-state index contributed by atoms with van der Waals surface area (Å²) in [5.41, 5.74) is 0.518. The first-order valence-corrected chi connectivity index (χ1v) is 7.00. The molecular weight excluding hydrogens is 212 g/mol. The topological polar surface area (TPSA) is 26.3 Å². The molecule has 0 radical (unpaired) electrons. The number of carbonyl (C=O) groups is 1. The molecule has 0 aliphatic heterocycles. The Hall–Kier alpha value is -0.790. The molecule has 17 heavy (non-hydrogen) atoms. The third-order valence-corrected chi connectivity index (χ3v) is 4.63. The van der Waals surface area contributed by atoms with Crippen molar-refractivity contribution in [1.29, 1.82) is 0 Å².